The van der Waals surface area contributed by atoms with Gasteiger partial charge in [-0.15, -0.1) is 6.58 Å². The van der Waals surface area contributed by atoms with E-state index >= 15 is 0 Å². The van der Waals surface area contributed by atoms with E-state index in [2.05, 4.69) is 36.9 Å². The summed E-state index contributed by atoms with van der Waals surface area (Å²) in [7, 11) is 0. The summed E-state index contributed by atoms with van der Waals surface area (Å²) in [5.41, 5.74) is 2.09. The van der Waals surface area contributed by atoms with Crippen molar-refractivity contribution >= 4 is 11.9 Å². The van der Waals surface area contributed by atoms with Crippen LogP contribution in [0.25, 0.3) is 6.08 Å². The molecule has 4 rings (SSSR count). The molecule has 0 N–H and O–H groups in total. The molecule has 0 amide bonds. The number of allylic oxidation sites excluding steroid dienone is 4. The molecule has 0 aliphatic heterocycles. The Morgan fingerprint density at radius 1 is 1.10 bits per heavy atom. The maximum absolute atomic E-state index is 12.8. The highest BCUT2D eigenvalue weighted by molar-refractivity contribution is 6.05. The Morgan fingerprint density at radius 3 is 2.60 bits per heavy atom. The summed E-state index contributed by atoms with van der Waals surface area (Å²) in [6, 6.07) is 10.1. The van der Waals surface area contributed by atoms with Crippen LogP contribution < -0.4 is 0 Å². The van der Waals surface area contributed by atoms with Gasteiger partial charge in [-0.2, -0.15) is 0 Å². The van der Waals surface area contributed by atoms with E-state index < -0.39 is 0 Å². The highest BCUT2D eigenvalue weighted by Crippen LogP contribution is 2.58. The van der Waals surface area contributed by atoms with Gasteiger partial charge in [0.25, 0.3) is 0 Å². The normalized spacial score (nSPS) is 39.5. The number of hydrogen-bond acceptors (Lipinski definition) is 1. The van der Waals surface area contributed by atoms with Crippen LogP contribution in [-0.4, -0.2) is 5.78 Å². The lowest BCUT2D eigenvalue weighted by atomic mass is 9.81. The van der Waals surface area contributed by atoms with Gasteiger partial charge in [-0.05, 0) is 35.8 Å². The number of carbonyl (C=O) groups is 1. The first kappa shape index (κ1) is 11.9. The fourth-order valence-electron chi connectivity index (χ4n) is 4.46. The van der Waals surface area contributed by atoms with Crippen molar-refractivity contribution in [2.24, 2.45) is 29.6 Å². The molecule has 2 fully saturated rings. The van der Waals surface area contributed by atoms with Gasteiger partial charge in [-0.1, -0.05) is 48.6 Å². The van der Waals surface area contributed by atoms with E-state index in [4.69, 9.17) is 0 Å². The number of hydrogen-bond donors (Lipinski definition) is 0. The van der Waals surface area contributed by atoms with Gasteiger partial charge < -0.3 is 0 Å². The van der Waals surface area contributed by atoms with Crippen LogP contribution in [0.4, 0.5) is 0 Å². The minimum Gasteiger partial charge on any atom is -0.294 e. The van der Waals surface area contributed by atoms with Crippen molar-refractivity contribution < 1.29 is 4.79 Å². The van der Waals surface area contributed by atoms with Crippen LogP contribution in [0.3, 0.4) is 0 Å². The summed E-state index contributed by atoms with van der Waals surface area (Å²) in [5, 5.41) is 0. The molecule has 1 heteroatoms. The highest BCUT2D eigenvalue weighted by Gasteiger charge is 2.56. The fraction of sp³-hybridized carbons (Fsp3) is 0.316. The Morgan fingerprint density at radius 2 is 1.85 bits per heavy atom. The van der Waals surface area contributed by atoms with Crippen LogP contribution in [0.2, 0.25) is 0 Å². The summed E-state index contributed by atoms with van der Waals surface area (Å²) in [5.74, 6) is 2.32. The van der Waals surface area contributed by atoms with E-state index in [1.807, 2.05) is 24.3 Å². The SMILES string of the molecule is C=C[C@@H]1/C(=C\c2ccccc2)C(=O)[C@@H]2[C@H]1[C@H]1C=C[C@@H]2C1. The third-order valence-electron chi connectivity index (χ3n) is 5.26. The molecule has 1 aromatic carbocycles. The first-order chi connectivity index (χ1) is 9.79. The van der Waals surface area contributed by atoms with Gasteiger partial charge in [-0.25, -0.2) is 0 Å². The highest BCUT2D eigenvalue weighted by atomic mass is 16.1. The van der Waals surface area contributed by atoms with E-state index in [-0.39, 0.29) is 11.8 Å². The quantitative estimate of drug-likeness (QED) is 0.583. The summed E-state index contributed by atoms with van der Waals surface area (Å²) < 4.78 is 0. The van der Waals surface area contributed by atoms with Crippen LogP contribution >= 0.6 is 0 Å². The van der Waals surface area contributed by atoms with Gasteiger partial charge in [0, 0.05) is 17.4 Å². The van der Waals surface area contributed by atoms with Crippen molar-refractivity contribution in [2.45, 2.75) is 6.42 Å². The first-order valence-electron chi connectivity index (χ1n) is 7.41. The lowest BCUT2D eigenvalue weighted by molar-refractivity contribution is -0.118. The van der Waals surface area contributed by atoms with Crippen molar-refractivity contribution in [3.05, 3.63) is 66.3 Å². The molecule has 0 saturated heterocycles. The number of fused-ring (bicyclic) bond motifs is 5. The topological polar surface area (TPSA) is 17.1 Å². The predicted molar refractivity (Wildman–Crippen MR) is 80.8 cm³/mol. The second-order valence-corrected chi connectivity index (χ2v) is 6.19. The van der Waals surface area contributed by atoms with E-state index in [0.717, 1.165) is 11.1 Å². The molecule has 5 atom stereocenters. The van der Waals surface area contributed by atoms with Gasteiger partial charge in [0.15, 0.2) is 5.78 Å². The zero-order valence-electron chi connectivity index (χ0n) is 11.4. The third kappa shape index (κ3) is 1.53. The average molecular weight is 262 g/mol. The van der Waals surface area contributed by atoms with E-state index in [9.17, 15) is 4.79 Å². The molecule has 1 nitrogen and oxygen atoms in total. The number of Topliss-reactive ketones (excluding diaryl/α,β-unsaturated/α-hetero) is 1. The zero-order valence-corrected chi connectivity index (χ0v) is 11.4. The molecular formula is C19H18O. The number of benzene rings is 1. The van der Waals surface area contributed by atoms with Crippen LogP contribution in [0.1, 0.15) is 12.0 Å². The maximum Gasteiger partial charge on any atom is 0.163 e. The first-order valence-corrected chi connectivity index (χ1v) is 7.41. The molecule has 0 spiro atoms. The third-order valence-corrected chi connectivity index (χ3v) is 5.26. The monoisotopic (exact) mass is 262 g/mol. The van der Waals surface area contributed by atoms with Crippen LogP contribution in [0.5, 0.6) is 0 Å². The van der Waals surface area contributed by atoms with Gasteiger partial charge in [0.2, 0.25) is 0 Å². The summed E-state index contributed by atoms with van der Waals surface area (Å²) in [4.78, 5) is 12.8. The molecule has 0 heterocycles. The van der Waals surface area contributed by atoms with Crippen molar-refractivity contribution in [1.82, 2.24) is 0 Å². The molecular weight excluding hydrogens is 244 g/mol. The van der Waals surface area contributed by atoms with Gasteiger partial charge >= 0.3 is 0 Å². The Kier molecular flexibility index (Phi) is 2.56. The second kappa shape index (κ2) is 4.31. The molecule has 0 aromatic heterocycles. The molecule has 3 aliphatic rings. The lowest BCUT2D eigenvalue weighted by Gasteiger charge is -2.22. The Labute approximate surface area is 119 Å². The van der Waals surface area contributed by atoms with Crippen LogP contribution in [-0.2, 0) is 4.79 Å². The largest absolute Gasteiger partial charge is 0.294 e. The molecule has 0 unspecified atom stereocenters. The molecule has 2 saturated carbocycles. The average Bonchev–Trinajstić information content (AvgIpc) is 3.14. The molecule has 100 valence electrons. The van der Waals surface area contributed by atoms with Crippen LogP contribution in [0.15, 0.2) is 60.7 Å². The standard InChI is InChI=1S/C19H18O/c1-2-15-16(10-12-6-4-3-5-7-12)19(20)18-14-9-8-13(11-14)17(15)18/h2-10,13-15,17-18H,1,11H2/b16-10+/t13-,14+,15+,17-,18-/m0/s1. The van der Waals surface area contributed by atoms with Gasteiger partial charge in [0.05, 0.1) is 0 Å². The number of ketones is 1. The zero-order chi connectivity index (χ0) is 13.7. The van der Waals surface area contributed by atoms with Gasteiger partial charge in [-0.3, -0.25) is 4.79 Å². The molecule has 2 bridgehead atoms. The Hall–Kier alpha value is -1.89. The molecule has 20 heavy (non-hydrogen) atoms. The summed E-state index contributed by atoms with van der Waals surface area (Å²) in [6.45, 7) is 4.00. The van der Waals surface area contributed by atoms with Crippen molar-refractivity contribution in [3.8, 4) is 0 Å². The summed E-state index contributed by atoms with van der Waals surface area (Å²) >= 11 is 0. The predicted octanol–water partition coefficient (Wildman–Crippen LogP) is 3.89. The minimum absolute atomic E-state index is 0.211. The van der Waals surface area contributed by atoms with E-state index in [0.29, 0.717) is 23.5 Å². The van der Waals surface area contributed by atoms with Crippen molar-refractivity contribution in [1.29, 1.82) is 0 Å². The summed E-state index contributed by atoms with van der Waals surface area (Å²) in [6.07, 6.45) is 9.82. The minimum atomic E-state index is 0.211. The molecule has 0 radical (unpaired) electrons. The van der Waals surface area contributed by atoms with E-state index in [1.165, 1.54) is 6.42 Å². The second-order valence-electron chi connectivity index (χ2n) is 6.19. The smallest absolute Gasteiger partial charge is 0.163 e. The maximum atomic E-state index is 12.8. The lowest BCUT2D eigenvalue weighted by Crippen LogP contribution is -2.21. The number of carbonyl (C=O) groups excluding carboxylic acids is 1. The fourth-order valence-corrected chi connectivity index (χ4v) is 4.46. The number of rotatable bonds is 2. The molecule has 1 aromatic rings. The Bertz CT molecular complexity index is 622. The van der Waals surface area contributed by atoms with Crippen LogP contribution in [0, 0.1) is 29.6 Å². The van der Waals surface area contributed by atoms with Crippen molar-refractivity contribution in [3.63, 3.8) is 0 Å². The molecule has 3 aliphatic carbocycles. The van der Waals surface area contributed by atoms with Gasteiger partial charge in [0.1, 0.15) is 0 Å². The van der Waals surface area contributed by atoms with Crippen molar-refractivity contribution in [2.75, 3.05) is 0 Å². The van der Waals surface area contributed by atoms with E-state index in [1.54, 1.807) is 0 Å². The Balaban J connectivity index is 1.77.